The fraction of sp³-hybridized carbons (Fsp3) is 0.375. The second kappa shape index (κ2) is 8.90. The first-order chi connectivity index (χ1) is 17.9. The van der Waals surface area contributed by atoms with Gasteiger partial charge in [0, 0.05) is 22.6 Å². The number of carbonyl (C=O) groups is 2. The molecule has 198 valence electrons. The molecule has 0 saturated heterocycles. The van der Waals surface area contributed by atoms with Crippen molar-refractivity contribution in [3.8, 4) is 0 Å². The van der Waals surface area contributed by atoms with E-state index in [1.165, 1.54) is 12.7 Å². The summed E-state index contributed by atoms with van der Waals surface area (Å²) in [6.45, 7) is 13.0. The Morgan fingerprint density at radius 2 is 1.50 bits per heavy atom. The molecule has 5 rings (SSSR count). The molecule has 0 bridgehead atoms. The summed E-state index contributed by atoms with van der Waals surface area (Å²) < 4.78 is 5.39. The Bertz CT molecular complexity index is 1400. The summed E-state index contributed by atoms with van der Waals surface area (Å²) in [6.07, 6.45) is 0. The van der Waals surface area contributed by atoms with Gasteiger partial charge >= 0.3 is 5.97 Å². The zero-order chi connectivity index (χ0) is 27.5. The molecule has 6 nitrogen and oxygen atoms in total. The summed E-state index contributed by atoms with van der Waals surface area (Å²) in [6, 6.07) is 21.6. The molecule has 1 amide bonds. The summed E-state index contributed by atoms with van der Waals surface area (Å²) in [5.41, 5.74) is 4.99. The summed E-state index contributed by atoms with van der Waals surface area (Å²) in [5, 5.41) is 10.2. The zero-order valence-electron chi connectivity index (χ0n) is 23.2. The number of ether oxygens (including phenoxy) is 1. The Hall–Kier alpha value is -3.80. The highest BCUT2D eigenvalue weighted by molar-refractivity contribution is 6.11. The SMILES string of the molecule is COC(=O)[C@H]1[C@H](Nc2ccc(C(C)(C)C)cc2)c2cc(C(C)(C)C)ccc2N[C@@]12C(=O)Nc1ccccc12. The quantitative estimate of drug-likeness (QED) is 0.350. The van der Waals surface area contributed by atoms with Crippen LogP contribution in [0.1, 0.15) is 69.8 Å². The smallest absolute Gasteiger partial charge is 0.314 e. The topological polar surface area (TPSA) is 79.5 Å². The van der Waals surface area contributed by atoms with Crippen molar-refractivity contribution in [2.24, 2.45) is 5.92 Å². The molecule has 3 aromatic carbocycles. The predicted octanol–water partition coefficient (Wildman–Crippen LogP) is 6.50. The first kappa shape index (κ1) is 25.8. The number of rotatable bonds is 3. The Morgan fingerprint density at radius 1 is 0.868 bits per heavy atom. The van der Waals surface area contributed by atoms with Gasteiger partial charge in [-0.05, 0) is 51.8 Å². The lowest BCUT2D eigenvalue weighted by molar-refractivity contribution is -0.151. The van der Waals surface area contributed by atoms with Crippen LogP contribution in [0.25, 0.3) is 0 Å². The van der Waals surface area contributed by atoms with Crippen LogP contribution in [0.15, 0.2) is 66.7 Å². The van der Waals surface area contributed by atoms with Gasteiger partial charge in [-0.1, -0.05) is 84.0 Å². The second-order valence-electron chi connectivity index (χ2n) is 12.4. The molecule has 0 unspecified atom stereocenters. The molecule has 2 heterocycles. The van der Waals surface area contributed by atoms with Gasteiger partial charge < -0.3 is 20.7 Å². The third kappa shape index (κ3) is 4.12. The van der Waals surface area contributed by atoms with Crippen LogP contribution >= 0.6 is 0 Å². The average Bonchev–Trinajstić information content (AvgIpc) is 3.13. The standard InChI is InChI=1S/C32H37N3O3/c1-30(2,3)19-12-15-21(16-13-19)33-27-22-18-20(31(4,5)6)14-17-24(22)35-32(26(27)28(36)38-7)23-10-8-9-11-25(23)34-29(32)37/h8-18,26-27,33,35H,1-7H3,(H,34,37)/t26-,27-,32-/m1/s1. The summed E-state index contributed by atoms with van der Waals surface area (Å²) in [7, 11) is 1.38. The normalized spacial score (nSPS) is 22.2. The first-order valence-electron chi connectivity index (χ1n) is 13.1. The highest BCUT2D eigenvalue weighted by Crippen LogP contribution is 2.54. The molecule has 38 heavy (non-hydrogen) atoms. The van der Waals surface area contributed by atoms with Crippen molar-refractivity contribution in [1.82, 2.24) is 0 Å². The van der Waals surface area contributed by atoms with Crippen LogP contribution in [0.2, 0.25) is 0 Å². The summed E-state index contributed by atoms with van der Waals surface area (Å²) >= 11 is 0. The molecule has 2 aliphatic heterocycles. The van der Waals surface area contributed by atoms with Crippen LogP contribution < -0.4 is 16.0 Å². The van der Waals surface area contributed by atoms with Crippen molar-refractivity contribution in [3.63, 3.8) is 0 Å². The number of hydrogen-bond donors (Lipinski definition) is 3. The number of amides is 1. The van der Waals surface area contributed by atoms with Crippen LogP contribution in [0.5, 0.6) is 0 Å². The molecule has 0 aromatic heterocycles. The summed E-state index contributed by atoms with van der Waals surface area (Å²) in [4.78, 5) is 27.5. The maximum atomic E-state index is 13.8. The molecule has 3 atom stereocenters. The number of carbonyl (C=O) groups excluding carboxylic acids is 2. The Labute approximate surface area is 225 Å². The van der Waals surface area contributed by atoms with E-state index in [1.807, 2.05) is 42.5 Å². The number of para-hydroxylation sites is 1. The molecule has 0 saturated carbocycles. The minimum Gasteiger partial charge on any atom is -0.469 e. The van der Waals surface area contributed by atoms with E-state index in [0.29, 0.717) is 5.69 Å². The van der Waals surface area contributed by atoms with Gasteiger partial charge in [0.15, 0.2) is 5.54 Å². The van der Waals surface area contributed by atoms with Gasteiger partial charge in [-0.25, -0.2) is 0 Å². The lowest BCUT2D eigenvalue weighted by Gasteiger charge is -2.46. The number of anilines is 3. The second-order valence-corrected chi connectivity index (χ2v) is 12.4. The number of benzene rings is 3. The molecule has 0 fully saturated rings. The molecule has 3 aromatic rings. The third-order valence-electron chi connectivity index (χ3n) is 7.87. The van der Waals surface area contributed by atoms with Gasteiger partial charge in [0.1, 0.15) is 5.92 Å². The zero-order valence-corrected chi connectivity index (χ0v) is 23.2. The fourth-order valence-electron chi connectivity index (χ4n) is 5.68. The maximum absolute atomic E-state index is 13.8. The Balaban J connectivity index is 1.72. The minimum absolute atomic E-state index is 0.0196. The van der Waals surface area contributed by atoms with Gasteiger partial charge in [-0.15, -0.1) is 0 Å². The van der Waals surface area contributed by atoms with Crippen LogP contribution in [-0.4, -0.2) is 19.0 Å². The molecule has 0 aliphatic carbocycles. The monoisotopic (exact) mass is 511 g/mol. The van der Waals surface area contributed by atoms with Crippen molar-refractivity contribution in [2.75, 3.05) is 23.1 Å². The van der Waals surface area contributed by atoms with E-state index in [9.17, 15) is 9.59 Å². The van der Waals surface area contributed by atoms with Gasteiger partial charge in [0.25, 0.3) is 5.91 Å². The number of hydrogen-bond acceptors (Lipinski definition) is 5. The number of nitrogens with one attached hydrogen (secondary N) is 3. The third-order valence-corrected chi connectivity index (χ3v) is 7.87. The van der Waals surface area contributed by atoms with Crippen molar-refractivity contribution in [1.29, 1.82) is 0 Å². The van der Waals surface area contributed by atoms with Crippen LogP contribution in [0.3, 0.4) is 0 Å². The van der Waals surface area contributed by atoms with Gasteiger partial charge in [0.05, 0.1) is 13.2 Å². The molecule has 1 spiro atoms. The number of esters is 1. The first-order valence-corrected chi connectivity index (χ1v) is 13.1. The summed E-state index contributed by atoms with van der Waals surface area (Å²) in [5.74, 6) is -1.60. The lowest BCUT2D eigenvalue weighted by Crippen LogP contribution is -2.57. The molecular weight excluding hydrogens is 474 g/mol. The predicted molar refractivity (Wildman–Crippen MR) is 153 cm³/mol. The Morgan fingerprint density at radius 3 is 2.13 bits per heavy atom. The number of fused-ring (bicyclic) bond motifs is 3. The van der Waals surface area contributed by atoms with E-state index in [4.69, 9.17) is 4.74 Å². The van der Waals surface area contributed by atoms with Crippen LogP contribution in [0.4, 0.5) is 17.1 Å². The molecular formula is C32H37N3O3. The molecule has 3 N–H and O–H groups in total. The number of methoxy groups -OCH3 is 1. The van der Waals surface area contributed by atoms with Crippen molar-refractivity contribution in [3.05, 3.63) is 89.0 Å². The highest BCUT2D eigenvalue weighted by atomic mass is 16.5. The van der Waals surface area contributed by atoms with Crippen molar-refractivity contribution >= 4 is 28.9 Å². The maximum Gasteiger partial charge on any atom is 0.314 e. The van der Waals surface area contributed by atoms with E-state index in [2.05, 4.69) is 81.8 Å². The highest BCUT2D eigenvalue weighted by Gasteiger charge is 2.61. The van der Waals surface area contributed by atoms with E-state index in [0.717, 1.165) is 28.1 Å². The minimum atomic E-state index is -1.33. The largest absolute Gasteiger partial charge is 0.469 e. The van der Waals surface area contributed by atoms with Gasteiger partial charge in [-0.3, -0.25) is 9.59 Å². The fourth-order valence-corrected chi connectivity index (χ4v) is 5.68. The molecule has 6 heteroatoms. The molecule has 2 aliphatic rings. The van der Waals surface area contributed by atoms with E-state index >= 15 is 0 Å². The van der Waals surface area contributed by atoms with Crippen LogP contribution in [-0.2, 0) is 30.7 Å². The Kier molecular flexibility index (Phi) is 6.05. The van der Waals surface area contributed by atoms with E-state index in [-0.39, 0.29) is 16.7 Å². The van der Waals surface area contributed by atoms with E-state index < -0.39 is 23.5 Å². The average molecular weight is 512 g/mol. The van der Waals surface area contributed by atoms with E-state index in [1.54, 1.807) is 0 Å². The molecule has 0 radical (unpaired) electrons. The van der Waals surface area contributed by atoms with Gasteiger partial charge in [-0.2, -0.15) is 0 Å². The van der Waals surface area contributed by atoms with Crippen molar-refractivity contribution in [2.45, 2.75) is 64.0 Å². The van der Waals surface area contributed by atoms with Crippen molar-refractivity contribution < 1.29 is 14.3 Å². The lowest BCUT2D eigenvalue weighted by atomic mass is 9.69. The van der Waals surface area contributed by atoms with Gasteiger partial charge in [0.2, 0.25) is 0 Å². The van der Waals surface area contributed by atoms with Crippen LogP contribution in [0, 0.1) is 5.92 Å².